The van der Waals surface area contributed by atoms with E-state index in [1.807, 2.05) is 55.4 Å². The Labute approximate surface area is 199 Å². The van der Waals surface area contributed by atoms with E-state index in [0.29, 0.717) is 25.3 Å². The molecule has 1 N–H and O–H groups in total. The van der Waals surface area contributed by atoms with Gasteiger partial charge in [-0.15, -0.1) is 0 Å². The van der Waals surface area contributed by atoms with Crippen molar-refractivity contribution in [3.05, 3.63) is 64.7 Å². The quantitative estimate of drug-likeness (QED) is 0.415. The molecule has 7 heteroatoms. The van der Waals surface area contributed by atoms with Gasteiger partial charge in [-0.25, -0.2) is 0 Å². The Morgan fingerprint density at radius 3 is 2.59 bits per heavy atom. The van der Waals surface area contributed by atoms with E-state index in [-0.39, 0.29) is 17.4 Å². The second kappa shape index (κ2) is 9.14. The average Bonchev–Trinajstić information content (AvgIpc) is 3.46. The lowest BCUT2D eigenvalue weighted by Crippen LogP contribution is -2.36. The highest BCUT2D eigenvalue weighted by molar-refractivity contribution is 6.46. The van der Waals surface area contributed by atoms with Crippen molar-refractivity contribution in [2.45, 2.75) is 37.8 Å². The molecule has 0 saturated carbocycles. The van der Waals surface area contributed by atoms with Crippen LogP contribution in [0.15, 0.2) is 48.0 Å². The number of aryl methyl sites for hydroxylation is 1. The molecular weight excluding hydrogens is 432 g/mol. The highest BCUT2D eigenvalue weighted by Gasteiger charge is 2.47. The second-order valence-corrected chi connectivity index (χ2v) is 9.35. The zero-order valence-corrected chi connectivity index (χ0v) is 19.6. The maximum Gasteiger partial charge on any atom is 0.295 e. The third-order valence-electron chi connectivity index (χ3n) is 6.87. The van der Waals surface area contributed by atoms with Crippen LogP contribution < -0.4 is 9.64 Å². The number of ketones is 1. The van der Waals surface area contributed by atoms with Crippen LogP contribution in [0, 0.1) is 0 Å². The molecule has 0 aromatic heterocycles. The summed E-state index contributed by atoms with van der Waals surface area (Å²) in [4.78, 5) is 30.0. The summed E-state index contributed by atoms with van der Waals surface area (Å²) in [5.74, 6) is -0.605. The topological polar surface area (TPSA) is 79.3 Å². The fraction of sp³-hybridized carbons (Fsp3) is 0.407. The molecule has 2 aromatic rings. The highest BCUT2D eigenvalue weighted by atomic mass is 16.5. The van der Waals surface area contributed by atoms with Crippen molar-refractivity contribution in [1.29, 1.82) is 0 Å². The number of rotatable bonds is 5. The number of hydrogen-bond donors (Lipinski definition) is 1. The number of carbonyl (C=O) groups excluding carboxylic acids is 2. The molecule has 2 saturated heterocycles. The summed E-state index contributed by atoms with van der Waals surface area (Å²) >= 11 is 0. The van der Waals surface area contributed by atoms with Crippen molar-refractivity contribution in [2.24, 2.45) is 0 Å². The molecule has 0 bridgehead atoms. The summed E-state index contributed by atoms with van der Waals surface area (Å²) < 4.78 is 11.5. The van der Waals surface area contributed by atoms with Crippen molar-refractivity contribution in [3.63, 3.8) is 0 Å². The van der Waals surface area contributed by atoms with Crippen LogP contribution in [0.4, 0.5) is 5.69 Å². The van der Waals surface area contributed by atoms with Gasteiger partial charge in [0.1, 0.15) is 11.5 Å². The molecule has 2 atom stereocenters. The lowest BCUT2D eigenvalue weighted by molar-refractivity contribution is -0.140. The molecule has 2 fully saturated rings. The van der Waals surface area contributed by atoms with Crippen LogP contribution in [0.1, 0.15) is 42.0 Å². The molecule has 0 radical (unpaired) electrons. The van der Waals surface area contributed by atoms with Gasteiger partial charge in [-0.2, -0.15) is 0 Å². The maximum atomic E-state index is 13.3. The predicted molar refractivity (Wildman–Crippen MR) is 129 cm³/mol. The lowest BCUT2D eigenvalue weighted by atomic mass is 9.93. The number of likely N-dealkylation sites (tertiary alicyclic amines) is 1. The number of nitrogens with zero attached hydrogens (tertiary/aromatic N) is 2. The van der Waals surface area contributed by atoms with Crippen molar-refractivity contribution < 1.29 is 24.2 Å². The van der Waals surface area contributed by atoms with Gasteiger partial charge in [0.15, 0.2) is 0 Å². The van der Waals surface area contributed by atoms with E-state index < -0.39 is 17.7 Å². The minimum atomic E-state index is -0.673. The van der Waals surface area contributed by atoms with E-state index in [4.69, 9.17) is 9.47 Å². The molecular formula is C27H30N2O5. The first-order valence-electron chi connectivity index (χ1n) is 11.9. The van der Waals surface area contributed by atoms with Crippen LogP contribution >= 0.6 is 0 Å². The molecule has 2 unspecified atom stereocenters. The van der Waals surface area contributed by atoms with E-state index in [9.17, 15) is 14.7 Å². The SMILES string of the molecule is CN(C)c1ccc(C2/C(=C(/O)c3ccc4c(c3)CCCO4)C(=O)C(=O)N2CC2CCCO2)cc1. The Balaban J connectivity index is 1.59. The van der Waals surface area contributed by atoms with Gasteiger partial charge in [-0.05, 0) is 67.1 Å². The number of aliphatic hydroxyl groups is 1. The van der Waals surface area contributed by atoms with Crippen LogP contribution in [0.5, 0.6) is 5.75 Å². The average molecular weight is 463 g/mol. The third kappa shape index (κ3) is 4.05. The van der Waals surface area contributed by atoms with Gasteiger partial charge >= 0.3 is 0 Å². The van der Waals surface area contributed by atoms with E-state index in [0.717, 1.165) is 48.2 Å². The smallest absolute Gasteiger partial charge is 0.295 e. The van der Waals surface area contributed by atoms with E-state index >= 15 is 0 Å². The second-order valence-electron chi connectivity index (χ2n) is 9.35. The molecule has 3 aliphatic rings. The highest BCUT2D eigenvalue weighted by Crippen LogP contribution is 2.41. The van der Waals surface area contributed by atoms with E-state index in [1.54, 1.807) is 11.0 Å². The Hall–Kier alpha value is -3.32. The van der Waals surface area contributed by atoms with E-state index in [2.05, 4.69) is 0 Å². The molecule has 1 amide bonds. The normalized spacial score (nSPS) is 23.6. The standard InChI is InChI=1S/C27H30N2O5/c1-28(2)20-10-7-17(8-11-20)24-23(26(31)27(32)29(24)16-21-6-4-13-33-21)25(30)19-9-12-22-18(15-19)5-3-14-34-22/h7-12,15,21,24,30H,3-6,13-14,16H2,1-2H3/b25-23-. The van der Waals surface area contributed by atoms with Gasteiger partial charge in [-0.1, -0.05) is 12.1 Å². The van der Waals surface area contributed by atoms with Crippen LogP contribution in [0.3, 0.4) is 0 Å². The fourth-order valence-electron chi connectivity index (χ4n) is 5.04. The maximum absolute atomic E-state index is 13.3. The Bertz CT molecular complexity index is 1130. The number of Topliss-reactive ketones (excluding diaryl/α,β-unsaturated/α-hetero) is 1. The number of carbonyl (C=O) groups is 2. The van der Waals surface area contributed by atoms with Gasteiger partial charge in [0.2, 0.25) is 0 Å². The monoisotopic (exact) mass is 462 g/mol. The molecule has 7 nitrogen and oxygen atoms in total. The van der Waals surface area contributed by atoms with Gasteiger partial charge in [0.25, 0.3) is 11.7 Å². The summed E-state index contributed by atoms with van der Waals surface area (Å²) in [6, 6.07) is 12.5. The number of hydrogen-bond acceptors (Lipinski definition) is 6. The molecule has 0 spiro atoms. The summed E-state index contributed by atoms with van der Waals surface area (Å²) in [7, 11) is 3.91. The summed E-state index contributed by atoms with van der Waals surface area (Å²) in [5.41, 5.74) is 3.43. The molecule has 3 aliphatic heterocycles. The van der Waals surface area contributed by atoms with Gasteiger partial charge < -0.3 is 24.4 Å². The van der Waals surface area contributed by atoms with Gasteiger partial charge in [0, 0.05) is 38.5 Å². The molecule has 34 heavy (non-hydrogen) atoms. The number of anilines is 1. The Morgan fingerprint density at radius 1 is 1.09 bits per heavy atom. The predicted octanol–water partition coefficient (Wildman–Crippen LogP) is 3.68. The number of benzene rings is 2. The minimum absolute atomic E-state index is 0.109. The number of fused-ring (bicyclic) bond motifs is 1. The Morgan fingerprint density at radius 2 is 1.88 bits per heavy atom. The number of aliphatic hydroxyl groups excluding tert-OH is 1. The lowest BCUT2D eigenvalue weighted by Gasteiger charge is -2.28. The van der Waals surface area contributed by atoms with Crippen molar-refractivity contribution >= 4 is 23.1 Å². The summed E-state index contributed by atoms with van der Waals surface area (Å²) in [6.07, 6.45) is 3.43. The van der Waals surface area contributed by atoms with E-state index in [1.165, 1.54) is 0 Å². The zero-order valence-electron chi connectivity index (χ0n) is 19.6. The fourth-order valence-corrected chi connectivity index (χ4v) is 5.04. The van der Waals surface area contributed by atoms with Crippen LogP contribution in [0.25, 0.3) is 5.76 Å². The first kappa shape index (κ1) is 22.5. The van der Waals surface area contributed by atoms with Crippen LogP contribution in [-0.4, -0.2) is 61.7 Å². The first-order chi connectivity index (χ1) is 16.4. The molecule has 5 rings (SSSR count). The largest absolute Gasteiger partial charge is 0.507 e. The van der Waals surface area contributed by atoms with Crippen molar-refractivity contribution in [2.75, 3.05) is 38.8 Å². The third-order valence-corrected chi connectivity index (χ3v) is 6.87. The molecule has 178 valence electrons. The summed E-state index contributed by atoms with van der Waals surface area (Å²) in [5, 5.41) is 11.4. The van der Waals surface area contributed by atoms with Gasteiger partial charge in [0.05, 0.1) is 24.3 Å². The minimum Gasteiger partial charge on any atom is -0.507 e. The van der Waals surface area contributed by atoms with Crippen LogP contribution in [0.2, 0.25) is 0 Å². The van der Waals surface area contributed by atoms with Crippen LogP contribution in [-0.2, 0) is 20.7 Å². The molecule has 2 aromatic carbocycles. The first-order valence-corrected chi connectivity index (χ1v) is 11.9. The Kier molecular flexibility index (Phi) is 6.04. The molecule has 3 heterocycles. The van der Waals surface area contributed by atoms with Crippen molar-refractivity contribution in [3.8, 4) is 5.75 Å². The molecule has 0 aliphatic carbocycles. The zero-order chi connectivity index (χ0) is 23.8. The van der Waals surface area contributed by atoms with Crippen molar-refractivity contribution in [1.82, 2.24) is 4.90 Å². The van der Waals surface area contributed by atoms with Gasteiger partial charge in [-0.3, -0.25) is 9.59 Å². The summed E-state index contributed by atoms with van der Waals surface area (Å²) in [6.45, 7) is 1.66. The number of amides is 1. The number of ether oxygens (including phenoxy) is 2.